The highest BCUT2D eigenvalue weighted by molar-refractivity contribution is 5.95. The molecule has 2 aromatic carbocycles. The van der Waals surface area contributed by atoms with Crippen LogP contribution in [0.3, 0.4) is 0 Å². The summed E-state index contributed by atoms with van der Waals surface area (Å²) in [7, 11) is 1.65. The molecular formula is C27H33N3O4. The Labute approximate surface area is 200 Å². The van der Waals surface area contributed by atoms with E-state index in [1.165, 1.54) is 0 Å². The zero-order valence-electron chi connectivity index (χ0n) is 19.7. The number of methoxy groups -OCH3 is 1. The SMILES string of the molecule is COCCCNC(=O)c1cccc(-c2cccc3c2OC(C(=O)N[C@@H]2CN4CCC2CC4)C3)c1. The summed E-state index contributed by atoms with van der Waals surface area (Å²) in [6, 6.07) is 13.8. The molecule has 0 radical (unpaired) electrons. The number of piperidine rings is 3. The maximum absolute atomic E-state index is 13.1. The molecule has 180 valence electrons. The standard InChI is InChI=1S/C27H33N3O4/c1-33-14-4-11-28-26(31)21-7-2-5-19(15-21)22-8-3-6-20-16-24(34-25(20)22)27(32)29-23-17-30-12-9-18(23)10-13-30/h2-3,5-8,15,18,23-24H,4,9-14,16-17H2,1H3,(H,28,31)(H,29,32)/t23-,24?/m1/s1. The molecule has 3 saturated heterocycles. The average Bonchev–Trinajstić information content (AvgIpc) is 3.32. The van der Waals surface area contributed by atoms with E-state index < -0.39 is 6.10 Å². The molecule has 4 aliphatic rings. The predicted octanol–water partition coefficient (Wildman–Crippen LogP) is 2.63. The van der Waals surface area contributed by atoms with E-state index in [-0.39, 0.29) is 17.9 Å². The Morgan fingerprint density at radius 1 is 1.15 bits per heavy atom. The number of carbonyl (C=O) groups is 2. The minimum absolute atomic E-state index is 0.0231. The number of hydrogen-bond acceptors (Lipinski definition) is 5. The third-order valence-corrected chi connectivity index (χ3v) is 7.28. The van der Waals surface area contributed by atoms with E-state index in [0.717, 1.165) is 61.3 Å². The molecule has 0 aliphatic carbocycles. The van der Waals surface area contributed by atoms with Gasteiger partial charge in [-0.2, -0.15) is 0 Å². The van der Waals surface area contributed by atoms with E-state index in [2.05, 4.69) is 15.5 Å². The van der Waals surface area contributed by atoms with Crippen molar-refractivity contribution in [3.63, 3.8) is 0 Å². The van der Waals surface area contributed by atoms with E-state index in [1.54, 1.807) is 7.11 Å². The van der Waals surface area contributed by atoms with Gasteiger partial charge in [-0.15, -0.1) is 0 Å². The Kier molecular flexibility index (Phi) is 6.83. The Morgan fingerprint density at radius 2 is 1.97 bits per heavy atom. The maximum atomic E-state index is 13.1. The normalized spacial score (nSPS) is 24.9. The number of carbonyl (C=O) groups excluding carboxylic acids is 2. The van der Waals surface area contributed by atoms with Gasteiger partial charge in [-0.3, -0.25) is 9.59 Å². The molecular weight excluding hydrogens is 430 g/mol. The molecule has 7 heteroatoms. The number of fused-ring (bicyclic) bond motifs is 4. The first-order chi connectivity index (χ1) is 16.6. The summed E-state index contributed by atoms with van der Waals surface area (Å²) in [4.78, 5) is 28.1. The molecule has 7 nitrogen and oxygen atoms in total. The zero-order chi connectivity index (χ0) is 23.5. The van der Waals surface area contributed by atoms with Crippen molar-refractivity contribution in [2.45, 2.75) is 37.8 Å². The molecule has 2 N–H and O–H groups in total. The van der Waals surface area contributed by atoms with Crippen LogP contribution in [0.2, 0.25) is 0 Å². The van der Waals surface area contributed by atoms with E-state index in [1.807, 2.05) is 42.5 Å². The van der Waals surface area contributed by atoms with Gasteiger partial charge in [0.05, 0.1) is 0 Å². The Morgan fingerprint density at radius 3 is 2.74 bits per heavy atom. The smallest absolute Gasteiger partial charge is 0.261 e. The van der Waals surface area contributed by atoms with Crippen LogP contribution in [-0.4, -0.2) is 68.8 Å². The quantitative estimate of drug-likeness (QED) is 0.589. The molecule has 0 saturated carbocycles. The average molecular weight is 464 g/mol. The van der Waals surface area contributed by atoms with Crippen LogP contribution in [0.25, 0.3) is 11.1 Å². The number of nitrogens with zero attached hydrogens (tertiary/aromatic N) is 1. The summed E-state index contributed by atoms with van der Waals surface area (Å²) in [5.41, 5.74) is 3.44. The largest absolute Gasteiger partial charge is 0.479 e. The van der Waals surface area contributed by atoms with E-state index >= 15 is 0 Å². The second-order valence-corrected chi connectivity index (χ2v) is 9.54. The number of amides is 2. The molecule has 6 rings (SSSR count). The Balaban J connectivity index is 1.27. The van der Waals surface area contributed by atoms with E-state index in [9.17, 15) is 9.59 Å². The van der Waals surface area contributed by atoms with E-state index in [4.69, 9.17) is 9.47 Å². The van der Waals surface area contributed by atoms with Crippen LogP contribution in [0.1, 0.15) is 35.2 Å². The fourth-order valence-electron chi connectivity index (χ4n) is 5.39. The number of hydrogen-bond donors (Lipinski definition) is 2. The summed E-state index contributed by atoms with van der Waals surface area (Å²) < 4.78 is 11.3. The van der Waals surface area contributed by atoms with Crippen LogP contribution in [0.15, 0.2) is 42.5 Å². The van der Waals surface area contributed by atoms with Crippen molar-refractivity contribution in [1.29, 1.82) is 0 Å². The van der Waals surface area contributed by atoms with Crippen molar-refractivity contribution in [3.8, 4) is 16.9 Å². The molecule has 2 amide bonds. The van der Waals surface area contributed by atoms with Crippen LogP contribution in [0.4, 0.5) is 0 Å². The van der Waals surface area contributed by atoms with Gasteiger partial charge in [0.25, 0.3) is 11.8 Å². The molecule has 4 heterocycles. The first kappa shape index (κ1) is 22.9. The molecule has 3 fully saturated rings. The third-order valence-electron chi connectivity index (χ3n) is 7.28. The van der Waals surface area contributed by atoms with Gasteiger partial charge in [0.2, 0.25) is 0 Å². The Hall–Kier alpha value is -2.90. The second kappa shape index (κ2) is 10.2. The van der Waals surface area contributed by atoms with Crippen molar-refractivity contribution in [1.82, 2.24) is 15.5 Å². The van der Waals surface area contributed by atoms with Gasteiger partial charge in [0, 0.05) is 50.4 Å². The molecule has 34 heavy (non-hydrogen) atoms. The highest BCUT2D eigenvalue weighted by Gasteiger charge is 2.38. The van der Waals surface area contributed by atoms with Crippen LogP contribution in [-0.2, 0) is 16.0 Å². The predicted molar refractivity (Wildman–Crippen MR) is 130 cm³/mol. The van der Waals surface area contributed by atoms with Crippen LogP contribution in [0.5, 0.6) is 5.75 Å². The number of ether oxygens (including phenoxy) is 2. The summed E-state index contributed by atoms with van der Waals surface area (Å²) in [5.74, 6) is 1.19. The van der Waals surface area contributed by atoms with Gasteiger partial charge in [-0.05, 0) is 61.5 Å². The van der Waals surface area contributed by atoms with Gasteiger partial charge >= 0.3 is 0 Å². The van der Waals surface area contributed by atoms with Gasteiger partial charge < -0.3 is 25.0 Å². The van der Waals surface area contributed by atoms with Crippen molar-refractivity contribution in [2.24, 2.45) is 5.92 Å². The lowest BCUT2D eigenvalue weighted by Crippen LogP contribution is -2.58. The molecule has 2 aromatic rings. The monoisotopic (exact) mass is 463 g/mol. The fraction of sp³-hybridized carbons (Fsp3) is 0.481. The second-order valence-electron chi connectivity index (χ2n) is 9.54. The van der Waals surface area contributed by atoms with Gasteiger partial charge in [-0.1, -0.05) is 30.3 Å². The van der Waals surface area contributed by atoms with E-state index in [0.29, 0.717) is 31.1 Å². The first-order valence-corrected chi connectivity index (χ1v) is 12.3. The highest BCUT2D eigenvalue weighted by Crippen LogP contribution is 2.39. The summed E-state index contributed by atoms with van der Waals surface area (Å²) in [6.07, 6.45) is 3.15. The highest BCUT2D eigenvalue weighted by atomic mass is 16.5. The Bertz CT molecular complexity index is 1050. The van der Waals surface area contributed by atoms with Gasteiger partial charge in [0.15, 0.2) is 6.10 Å². The van der Waals surface area contributed by atoms with Crippen molar-refractivity contribution < 1.29 is 19.1 Å². The molecule has 2 atom stereocenters. The van der Waals surface area contributed by atoms with Crippen LogP contribution >= 0.6 is 0 Å². The number of nitrogens with one attached hydrogen (secondary N) is 2. The molecule has 4 aliphatic heterocycles. The number of rotatable bonds is 8. The summed E-state index contributed by atoms with van der Waals surface area (Å²) in [6.45, 7) is 4.42. The third kappa shape index (κ3) is 4.81. The van der Waals surface area contributed by atoms with Crippen molar-refractivity contribution >= 4 is 11.8 Å². The van der Waals surface area contributed by atoms with Gasteiger partial charge in [-0.25, -0.2) is 0 Å². The van der Waals surface area contributed by atoms with Crippen molar-refractivity contribution in [2.75, 3.05) is 39.9 Å². The molecule has 0 spiro atoms. The lowest BCUT2D eigenvalue weighted by atomic mass is 9.84. The topological polar surface area (TPSA) is 79.9 Å². The minimum Gasteiger partial charge on any atom is -0.479 e. The van der Waals surface area contributed by atoms with Crippen LogP contribution < -0.4 is 15.4 Å². The molecule has 1 unspecified atom stereocenters. The summed E-state index contributed by atoms with van der Waals surface area (Å²) >= 11 is 0. The fourth-order valence-corrected chi connectivity index (χ4v) is 5.39. The van der Waals surface area contributed by atoms with Crippen molar-refractivity contribution in [3.05, 3.63) is 53.6 Å². The minimum atomic E-state index is -0.515. The lowest BCUT2D eigenvalue weighted by Gasteiger charge is -2.45. The maximum Gasteiger partial charge on any atom is 0.261 e. The zero-order valence-corrected chi connectivity index (χ0v) is 19.7. The number of benzene rings is 2. The summed E-state index contributed by atoms with van der Waals surface area (Å²) in [5, 5.41) is 6.20. The lowest BCUT2D eigenvalue weighted by molar-refractivity contribution is -0.129. The molecule has 2 bridgehead atoms. The van der Waals surface area contributed by atoms with Crippen LogP contribution in [0, 0.1) is 5.92 Å². The molecule has 0 aromatic heterocycles. The number of para-hydroxylation sites is 1. The first-order valence-electron chi connectivity index (χ1n) is 12.3. The van der Waals surface area contributed by atoms with Gasteiger partial charge in [0.1, 0.15) is 5.75 Å².